The van der Waals surface area contributed by atoms with E-state index in [0.29, 0.717) is 5.56 Å². The van der Waals surface area contributed by atoms with Crippen LogP contribution in [0.15, 0.2) is 90.0 Å². The highest BCUT2D eigenvalue weighted by molar-refractivity contribution is 6.08. The van der Waals surface area contributed by atoms with Crippen molar-refractivity contribution in [3.8, 4) is 11.3 Å². The van der Waals surface area contributed by atoms with Gasteiger partial charge in [-0.15, -0.1) is 0 Å². The summed E-state index contributed by atoms with van der Waals surface area (Å²) < 4.78 is 0. The summed E-state index contributed by atoms with van der Waals surface area (Å²) in [7, 11) is 0. The van der Waals surface area contributed by atoms with Crippen molar-refractivity contribution in [3.63, 3.8) is 0 Å². The van der Waals surface area contributed by atoms with Gasteiger partial charge in [0, 0.05) is 16.5 Å². The van der Waals surface area contributed by atoms with Crippen LogP contribution in [0.4, 0.5) is 0 Å². The summed E-state index contributed by atoms with van der Waals surface area (Å²) in [5.74, 6) is -0.221. The molecule has 5 rings (SSSR count). The monoisotopic (exact) mass is 391 g/mol. The Morgan fingerprint density at radius 3 is 2.53 bits per heavy atom. The number of hydrogen-bond donors (Lipinski definition) is 1. The Hall–Kier alpha value is -3.79. The van der Waals surface area contributed by atoms with Crippen LogP contribution in [0.2, 0.25) is 0 Å². The number of rotatable bonds is 3. The highest BCUT2D eigenvalue weighted by atomic mass is 16.2. The number of carbonyl (C=O) groups is 1. The summed E-state index contributed by atoms with van der Waals surface area (Å²) in [5, 5.41) is 5.33. The Bertz CT molecular complexity index is 1260. The zero-order chi connectivity index (χ0) is 20.3. The highest BCUT2D eigenvalue weighted by Gasteiger charge is 2.17. The van der Waals surface area contributed by atoms with Crippen LogP contribution in [0.25, 0.3) is 22.2 Å². The number of pyridine rings is 1. The van der Waals surface area contributed by atoms with Gasteiger partial charge in [-0.05, 0) is 37.0 Å². The van der Waals surface area contributed by atoms with E-state index in [-0.39, 0.29) is 5.91 Å². The number of nitrogens with one attached hydrogen (secondary N) is 1. The van der Waals surface area contributed by atoms with Gasteiger partial charge in [0.2, 0.25) is 0 Å². The number of aromatic nitrogens is 1. The second kappa shape index (κ2) is 7.91. The van der Waals surface area contributed by atoms with Gasteiger partial charge in [0.15, 0.2) is 0 Å². The second-order valence-corrected chi connectivity index (χ2v) is 7.45. The topological polar surface area (TPSA) is 54.4 Å². The molecule has 1 amide bonds. The predicted octanol–water partition coefficient (Wildman–Crippen LogP) is 5.37. The molecule has 0 saturated heterocycles. The molecular weight excluding hydrogens is 370 g/mol. The molecule has 4 aromatic rings. The summed E-state index contributed by atoms with van der Waals surface area (Å²) in [4.78, 5) is 17.9. The third kappa shape index (κ3) is 3.48. The molecule has 0 fully saturated rings. The van der Waals surface area contributed by atoms with Crippen molar-refractivity contribution in [2.24, 2.45) is 5.10 Å². The van der Waals surface area contributed by atoms with Crippen molar-refractivity contribution in [1.82, 2.24) is 10.4 Å². The lowest BCUT2D eigenvalue weighted by Gasteiger charge is -2.17. The zero-order valence-electron chi connectivity index (χ0n) is 16.5. The van der Waals surface area contributed by atoms with Gasteiger partial charge in [-0.3, -0.25) is 4.79 Å². The Labute approximate surface area is 175 Å². The minimum Gasteiger partial charge on any atom is -0.267 e. The van der Waals surface area contributed by atoms with Gasteiger partial charge in [-0.2, -0.15) is 5.10 Å². The first-order valence-corrected chi connectivity index (χ1v) is 10.2. The second-order valence-electron chi connectivity index (χ2n) is 7.45. The van der Waals surface area contributed by atoms with Gasteiger partial charge in [0.05, 0.1) is 22.5 Å². The van der Waals surface area contributed by atoms with Crippen LogP contribution in [-0.4, -0.2) is 16.6 Å². The summed E-state index contributed by atoms with van der Waals surface area (Å²) in [5.41, 5.74) is 9.28. The molecule has 1 aliphatic rings. The average Bonchev–Trinajstić information content (AvgIpc) is 2.82. The van der Waals surface area contributed by atoms with E-state index in [1.165, 1.54) is 5.56 Å². The van der Waals surface area contributed by atoms with E-state index in [4.69, 9.17) is 4.98 Å². The lowest BCUT2D eigenvalue weighted by atomic mass is 9.90. The van der Waals surface area contributed by atoms with Crippen molar-refractivity contribution in [2.75, 3.05) is 0 Å². The molecule has 0 spiro atoms. The number of fused-ring (bicyclic) bond motifs is 2. The molecule has 1 aliphatic carbocycles. The van der Waals surface area contributed by atoms with E-state index < -0.39 is 0 Å². The quantitative estimate of drug-likeness (QED) is 0.477. The summed E-state index contributed by atoms with van der Waals surface area (Å²) in [6, 6.07) is 27.8. The van der Waals surface area contributed by atoms with Gasteiger partial charge < -0.3 is 0 Å². The third-order valence-corrected chi connectivity index (χ3v) is 5.51. The molecule has 1 aromatic heterocycles. The van der Waals surface area contributed by atoms with Crippen LogP contribution in [0, 0.1) is 0 Å². The lowest BCUT2D eigenvalue weighted by Crippen LogP contribution is -2.22. The maximum atomic E-state index is 13.2. The van der Waals surface area contributed by atoms with Crippen LogP contribution in [0.3, 0.4) is 0 Å². The Morgan fingerprint density at radius 1 is 0.867 bits per heavy atom. The molecule has 4 nitrogen and oxygen atoms in total. The summed E-state index contributed by atoms with van der Waals surface area (Å²) in [6.45, 7) is 0. The fourth-order valence-corrected chi connectivity index (χ4v) is 4.02. The molecule has 0 unspecified atom stereocenters. The van der Waals surface area contributed by atoms with E-state index in [1.54, 1.807) is 0 Å². The van der Waals surface area contributed by atoms with Crippen LogP contribution < -0.4 is 5.43 Å². The molecule has 0 atom stereocenters. The average molecular weight is 391 g/mol. The van der Waals surface area contributed by atoms with Gasteiger partial charge >= 0.3 is 0 Å². The molecule has 0 saturated carbocycles. The molecular formula is C26H21N3O. The van der Waals surface area contributed by atoms with E-state index in [2.05, 4.69) is 28.7 Å². The zero-order valence-corrected chi connectivity index (χ0v) is 16.5. The van der Waals surface area contributed by atoms with E-state index in [1.807, 2.05) is 66.7 Å². The third-order valence-electron chi connectivity index (χ3n) is 5.51. The first kappa shape index (κ1) is 18.3. The fourth-order valence-electron chi connectivity index (χ4n) is 4.02. The SMILES string of the molecule is O=C(N/N=C1/CCCc2ccccc21)c1cc(-c2ccccc2)nc2ccccc12. The van der Waals surface area contributed by atoms with E-state index in [0.717, 1.165) is 52.7 Å². The van der Waals surface area contributed by atoms with Crippen LogP contribution in [-0.2, 0) is 6.42 Å². The van der Waals surface area contributed by atoms with Crippen LogP contribution in [0.5, 0.6) is 0 Å². The van der Waals surface area contributed by atoms with E-state index in [9.17, 15) is 4.79 Å². The van der Waals surface area contributed by atoms with Crippen LogP contribution >= 0.6 is 0 Å². The molecule has 1 N–H and O–H groups in total. The fraction of sp³-hybridized carbons (Fsp3) is 0.115. The molecule has 1 heterocycles. The lowest BCUT2D eigenvalue weighted by molar-refractivity contribution is 0.0956. The number of amides is 1. The van der Waals surface area contributed by atoms with Crippen molar-refractivity contribution in [2.45, 2.75) is 19.3 Å². The smallest absolute Gasteiger partial charge is 0.267 e. The Kier molecular flexibility index (Phi) is 4.81. The molecule has 4 heteroatoms. The molecule has 3 aromatic carbocycles. The Balaban J connectivity index is 1.52. The highest BCUT2D eigenvalue weighted by Crippen LogP contribution is 2.25. The minimum absolute atomic E-state index is 0.221. The number of carbonyl (C=O) groups excluding carboxylic acids is 1. The normalized spacial score (nSPS) is 14.5. The largest absolute Gasteiger partial charge is 0.272 e. The number of para-hydroxylation sites is 1. The van der Waals surface area contributed by atoms with Crippen molar-refractivity contribution in [1.29, 1.82) is 0 Å². The molecule has 0 bridgehead atoms. The predicted molar refractivity (Wildman–Crippen MR) is 121 cm³/mol. The minimum atomic E-state index is -0.221. The van der Waals surface area contributed by atoms with Crippen molar-refractivity contribution in [3.05, 3.63) is 102 Å². The maximum Gasteiger partial charge on any atom is 0.272 e. The molecule has 30 heavy (non-hydrogen) atoms. The number of nitrogens with zero attached hydrogens (tertiary/aromatic N) is 2. The standard InChI is InChI=1S/C26H21N3O/c30-26(29-28-24-16-8-12-18-9-4-5-13-20(18)24)22-17-25(19-10-2-1-3-11-19)27-23-15-7-6-14-21(22)23/h1-7,9-11,13-15,17H,8,12,16H2,(H,29,30)/b28-24-. The van der Waals surface area contributed by atoms with Gasteiger partial charge in [-0.25, -0.2) is 10.4 Å². The van der Waals surface area contributed by atoms with Gasteiger partial charge in [-0.1, -0.05) is 72.8 Å². The summed E-state index contributed by atoms with van der Waals surface area (Å²) in [6.07, 6.45) is 2.96. The van der Waals surface area contributed by atoms with Crippen LogP contribution in [0.1, 0.15) is 34.3 Å². The van der Waals surface area contributed by atoms with Crippen molar-refractivity contribution < 1.29 is 4.79 Å². The molecule has 146 valence electrons. The number of hydrazone groups is 1. The maximum absolute atomic E-state index is 13.2. The summed E-state index contributed by atoms with van der Waals surface area (Å²) >= 11 is 0. The van der Waals surface area contributed by atoms with Crippen molar-refractivity contribution >= 4 is 22.5 Å². The van der Waals surface area contributed by atoms with Gasteiger partial charge in [0.1, 0.15) is 0 Å². The number of aryl methyl sites for hydroxylation is 1. The number of benzene rings is 3. The van der Waals surface area contributed by atoms with Gasteiger partial charge in [0.25, 0.3) is 5.91 Å². The van der Waals surface area contributed by atoms with E-state index >= 15 is 0 Å². The Morgan fingerprint density at radius 2 is 1.63 bits per heavy atom. The molecule has 0 aliphatic heterocycles. The molecule has 0 radical (unpaired) electrons. The first-order chi connectivity index (χ1) is 14.8. The first-order valence-electron chi connectivity index (χ1n) is 10.2. The number of hydrogen-bond acceptors (Lipinski definition) is 3.